The van der Waals surface area contributed by atoms with Crippen molar-refractivity contribution in [2.24, 2.45) is 5.92 Å². The van der Waals surface area contributed by atoms with Crippen LogP contribution < -0.4 is 0 Å². The molecule has 0 fully saturated rings. The lowest BCUT2D eigenvalue weighted by molar-refractivity contribution is 0.408. The largest absolute Gasteiger partial charge is 0.198 e. The normalized spacial score (nSPS) is 14.3. The summed E-state index contributed by atoms with van der Waals surface area (Å²) in [7, 11) is 0. The Kier molecular flexibility index (Phi) is 5.75. The van der Waals surface area contributed by atoms with Gasteiger partial charge in [-0.3, -0.25) is 0 Å². The van der Waals surface area contributed by atoms with Gasteiger partial charge in [0.05, 0.1) is 24.0 Å². The molecule has 0 heterocycles. The molecule has 0 bridgehead atoms. The second kappa shape index (κ2) is 8.01. The highest BCUT2D eigenvalue weighted by Gasteiger charge is 2.31. The first-order valence-electron chi connectivity index (χ1n) is 7.71. The second-order valence-electron chi connectivity index (χ2n) is 5.49. The summed E-state index contributed by atoms with van der Waals surface area (Å²) in [6, 6.07) is 24.5. The van der Waals surface area contributed by atoms with Crippen molar-refractivity contribution in [1.29, 1.82) is 10.5 Å². The Labute approximate surface area is 132 Å². The maximum Gasteiger partial charge on any atom is 0.0756 e. The molecule has 0 aliphatic rings. The molecule has 0 saturated carbocycles. The number of nitrogens with zero attached hydrogens (tertiary/aromatic N) is 2. The quantitative estimate of drug-likeness (QED) is 0.749. The van der Waals surface area contributed by atoms with Crippen LogP contribution in [0.25, 0.3) is 0 Å². The van der Waals surface area contributed by atoms with Gasteiger partial charge in [-0.05, 0) is 23.5 Å². The maximum absolute atomic E-state index is 9.71. The summed E-state index contributed by atoms with van der Waals surface area (Å²) in [4.78, 5) is 0. The van der Waals surface area contributed by atoms with Crippen LogP contribution in [0.5, 0.6) is 0 Å². The summed E-state index contributed by atoms with van der Waals surface area (Å²) in [6.45, 7) is 2.10. The Morgan fingerprint density at radius 2 is 1.18 bits per heavy atom. The number of hydrogen-bond donors (Lipinski definition) is 0. The van der Waals surface area contributed by atoms with Crippen molar-refractivity contribution in [1.82, 2.24) is 0 Å². The summed E-state index contributed by atoms with van der Waals surface area (Å²) in [5.41, 5.74) is 2.00. The first-order valence-corrected chi connectivity index (χ1v) is 7.71. The van der Waals surface area contributed by atoms with Gasteiger partial charge in [0.2, 0.25) is 0 Å². The predicted molar refractivity (Wildman–Crippen MR) is 88.0 cm³/mol. The standard InChI is InChI=1S/C20H20N2/c1-2-9-18(19(14-21)16-10-5-3-6-11-16)20(15-22)17-12-7-4-8-13-17/h3-8,10-13,18-20H,2,9H2,1H3. The SMILES string of the molecule is CCCC(C(C#N)c1ccccc1)C(C#N)c1ccccc1. The highest BCUT2D eigenvalue weighted by molar-refractivity contribution is 5.32. The molecule has 2 unspecified atom stereocenters. The van der Waals surface area contributed by atoms with Gasteiger partial charge in [0.25, 0.3) is 0 Å². The molecule has 22 heavy (non-hydrogen) atoms. The van der Waals surface area contributed by atoms with Crippen molar-refractivity contribution in [3.8, 4) is 12.1 Å². The van der Waals surface area contributed by atoms with E-state index in [-0.39, 0.29) is 17.8 Å². The predicted octanol–water partition coefficient (Wildman–Crippen LogP) is 5.02. The van der Waals surface area contributed by atoms with Crippen LogP contribution in [0, 0.1) is 28.6 Å². The lowest BCUT2D eigenvalue weighted by Gasteiger charge is -2.26. The van der Waals surface area contributed by atoms with Crippen LogP contribution in [0.4, 0.5) is 0 Å². The molecular weight excluding hydrogens is 268 g/mol. The zero-order valence-corrected chi connectivity index (χ0v) is 12.8. The van der Waals surface area contributed by atoms with Crippen LogP contribution >= 0.6 is 0 Å². The lowest BCUT2D eigenvalue weighted by Crippen LogP contribution is -2.19. The van der Waals surface area contributed by atoms with E-state index in [0.29, 0.717) is 0 Å². The third-order valence-electron chi connectivity index (χ3n) is 4.07. The highest BCUT2D eigenvalue weighted by Crippen LogP contribution is 2.38. The molecule has 0 N–H and O–H groups in total. The summed E-state index contributed by atoms with van der Waals surface area (Å²) < 4.78 is 0. The highest BCUT2D eigenvalue weighted by atomic mass is 14.4. The van der Waals surface area contributed by atoms with Gasteiger partial charge < -0.3 is 0 Å². The van der Waals surface area contributed by atoms with Gasteiger partial charge in [-0.15, -0.1) is 0 Å². The van der Waals surface area contributed by atoms with Gasteiger partial charge in [-0.25, -0.2) is 0 Å². The van der Waals surface area contributed by atoms with E-state index in [4.69, 9.17) is 0 Å². The number of hydrogen-bond acceptors (Lipinski definition) is 2. The molecule has 2 aromatic rings. The molecular formula is C20H20N2. The Hall–Kier alpha value is -2.58. The van der Waals surface area contributed by atoms with Crippen molar-refractivity contribution in [2.45, 2.75) is 31.6 Å². The molecule has 0 spiro atoms. The number of nitriles is 2. The van der Waals surface area contributed by atoms with Crippen LogP contribution in [0.1, 0.15) is 42.7 Å². The van der Waals surface area contributed by atoms with Gasteiger partial charge in [0.15, 0.2) is 0 Å². The molecule has 0 aliphatic carbocycles. The molecule has 110 valence electrons. The molecule has 2 atom stereocenters. The molecule has 0 radical (unpaired) electrons. The average molecular weight is 288 g/mol. The molecule has 0 aromatic heterocycles. The Morgan fingerprint density at radius 1 is 0.773 bits per heavy atom. The van der Waals surface area contributed by atoms with E-state index in [0.717, 1.165) is 24.0 Å². The van der Waals surface area contributed by atoms with Crippen molar-refractivity contribution in [3.05, 3.63) is 71.8 Å². The van der Waals surface area contributed by atoms with Crippen LogP contribution in [0.2, 0.25) is 0 Å². The minimum Gasteiger partial charge on any atom is -0.198 e. The average Bonchev–Trinajstić information content (AvgIpc) is 2.58. The monoisotopic (exact) mass is 288 g/mol. The fourth-order valence-corrected chi connectivity index (χ4v) is 3.01. The van der Waals surface area contributed by atoms with E-state index >= 15 is 0 Å². The summed E-state index contributed by atoms with van der Waals surface area (Å²) in [5, 5.41) is 19.4. The van der Waals surface area contributed by atoms with Gasteiger partial charge in [-0.1, -0.05) is 74.0 Å². The van der Waals surface area contributed by atoms with Gasteiger partial charge in [0, 0.05) is 0 Å². The van der Waals surface area contributed by atoms with Crippen molar-refractivity contribution >= 4 is 0 Å². The Morgan fingerprint density at radius 3 is 1.50 bits per heavy atom. The van der Waals surface area contributed by atoms with E-state index in [1.54, 1.807) is 0 Å². The topological polar surface area (TPSA) is 47.6 Å². The third-order valence-corrected chi connectivity index (χ3v) is 4.07. The molecule has 2 heteroatoms. The molecule has 2 rings (SSSR count). The van der Waals surface area contributed by atoms with E-state index in [9.17, 15) is 10.5 Å². The first-order chi connectivity index (χ1) is 10.8. The zero-order valence-electron chi connectivity index (χ0n) is 12.8. The minimum absolute atomic E-state index is 0.00444. The minimum atomic E-state index is -0.258. The van der Waals surface area contributed by atoms with E-state index < -0.39 is 0 Å². The Bertz CT molecular complexity index is 592. The smallest absolute Gasteiger partial charge is 0.0756 e. The number of benzene rings is 2. The van der Waals surface area contributed by atoms with Gasteiger partial charge >= 0.3 is 0 Å². The fourth-order valence-electron chi connectivity index (χ4n) is 3.01. The Balaban J connectivity index is 2.40. The van der Waals surface area contributed by atoms with Crippen LogP contribution in [0.3, 0.4) is 0 Å². The molecule has 0 aliphatic heterocycles. The van der Waals surface area contributed by atoms with Crippen molar-refractivity contribution in [2.75, 3.05) is 0 Å². The van der Waals surface area contributed by atoms with Gasteiger partial charge in [0.1, 0.15) is 0 Å². The fraction of sp³-hybridized carbons (Fsp3) is 0.300. The van der Waals surface area contributed by atoms with Crippen molar-refractivity contribution < 1.29 is 0 Å². The second-order valence-corrected chi connectivity index (χ2v) is 5.49. The lowest BCUT2D eigenvalue weighted by atomic mass is 9.74. The van der Waals surface area contributed by atoms with Crippen LogP contribution in [-0.4, -0.2) is 0 Å². The summed E-state index contributed by atoms with van der Waals surface area (Å²) in [5.74, 6) is -0.512. The van der Waals surface area contributed by atoms with Crippen LogP contribution in [-0.2, 0) is 0 Å². The summed E-state index contributed by atoms with van der Waals surface area (Å²) in [6.07, 6.45) is 1.82. The molecule has 2 aromatic carbocycles. The van der Waals surface area contributed by atoms with E-state index in [1.165, 1.54) is 0 Å². The van der Waals surface area contributed by atoms with E-state index in [2.05, 4.69) is 19.1 Å². The molecule has 0 amide bonds. The van der Waals surface area contributed by atoms with Crippen molar-refractivity contribution in [3.63, 3.8) is 0 Å². The van der Waals surface area contributed by atoms with Gasteiger partial charge in [-0.2, -0.15) is 10.5 Å². The zero-order chi connectivity index (χ0) is 15.8. The molecule has 0 saturated heterocycles. The van der Waals surface area contributed by atoms with Crippen LogP contribution in [0.15, 0.2) is 60.7 Å². The van der Waals surface area contributed by atoms with E-state index in [1.807, 2.05) is 60.7 Å². The third kappa shape index (κ3) is 3.54. The summed E-state index contributed by atoms with van der Waals surface area (Å²) >= 11 is 0. The molecule has 2 nitrogen and oxygen atoms in total. The first kappa shape index (κ1) is 15.8. The number of rotatable bonds is 6. The maximum atomic E-state index is 9.71.